The van der Waals surface area contributed by atoms with Gasteiger partial charge >= 0.3 is 6.03 Å². The van der Waals surface area contributed by atoms with Crippen molar-refractivity contribution in [2.45, 2.75) is 27.2 Å². The number of piperazine rings is 1. The van der Waals surface area contributed by atoms with Crippen molar-refractivity contribution in [1.29, 1.82) is 0 Å². The Balaban J connectivity index is 1.52. The highest BCUT2D eigenvalue weighted by Crippen LogP contribution is 2.35. The molecule has 1 N–H and O–H groups in total. The minimum atomic E-state index is -0.200. The maximum atomic E-state index is 12.7. The van der Waals surface area contributed by atoms with Crippen molar-refractivity contribution in [1.82, 2.24) is 14.9 Å². The van der Waals surface area contributed by atoms with E-state index in [1.165, 1.54) is 10.4 Å². The molecule has 158 valence electrons. The molecule has 0 atom stereocenters. The SMILES string of the molecule is CCc1nc(N2CCN(C(=O)Nc3c(Cl)cccc3Cl)CC2)c2c(C)c(C)sc2n1. The zero-order chi connectivity index (χ0) is 21.4. The maximum Gasteiger partial charge on any atom is 0.322 e. The van der Waals surface area contributed by atoms with Crippen molar-refractivity contribution in [2.24, 2.45) is 0 Å². The van der Waals surface area contributed by atoms with Gasteiger partial charge in [-0.05, 0) is 31.5 Å². The lowest BCUT2D eigenvalue weighted by Gasteiger charge is -2.36. The third kappa shape index (κ3) is 3.94. The van der Waals surface area contributed by atoms with E-state index in [0.717, 1.165) is 28.3 Å². The molecular weight excluding hydrogens is 441 g/mol. The van der Waals surface area contributed by atoms with E-state index in [0.29, 0.717) is 41.9 Å². The topological polar surface area (TPSA) is 61.4 Å². The molecule has 3 aromatic rings. The highest BCUT2D eigenvalue weighted by atomic mass is 35.5. The van der Waals surface area contributed by atoms with Crippen LogP contribution in [0.3, 0.4) is 0 Å². The lowest BCUT2D eigenvalue weighted by Crippen LogP contribution is -2.50. The fraction of sp³-hybridized carbons (Fsp3) is 0.381. The molecule has 0 radical (unpaired) electrons. The lowest BCUT2D eigenvalue weighted by atomic mass is 10.2. The second-order valence-corrected chi connectivity index (χ2v) is 9.30. The Morgan fingerprint density at radius 2 is 1.80 bits per heavy atom. The van der Waals surface area contributed by atoms with Crippen molar-refractivity contribution < 1.29 is 4.79 Å². The first kappa shape index (κ1) is 21.2. The number of carbonyl (C=O) groups excluding carboxylic acids is 1. The molecule has 2 aromatic heterocycles. The second-order valence-electron chi connectivity index (χ2n) is 7.28. The molecule has 1 fully saturated rings. The van der Waals surface area contributed by atoms with Gasteiger partial charge in [-0.3, -0.25) is 0 Å². The van der Waals surface area contributed by atoms with Gasteiger partial charge in [0, 0.05) is 37.5 Å². The Bertz CT molecular complexity index is 1090. The molecule has 0 spiro atoms. The Morgan fingerprint density at radius 1 is 1.13 bits per heavy atom. The van der Waals surface area contributed by atoms with Gasteiger partial charge in [-0.15, -0.1) is 11.3 Å². The summed E-state index contributed by atoms with van der Waals surface area (Å²) in [5.74, 6) is 1.83. The summed E-state index contributed by atoms with van der Waals surface area (Å²) in [6, 6.07) is 4.96. The molecule has 0 saturated carbocycles. The summed E-state index contributed by atoms with van der Waals surface area (Å²) < 4.78 is 0. The number of nitrogens with zero attached hydrogens (tertiary/aromatic N) is 4. The highest BCUT2D eigenvalue weighted by molar-refractivity contribution is 7.18. The van der Waals surface area contributed by atoms with Gasteiger partial charge in [-0.1, -0.05) is 36.2 Å². The van der Waals surface area contributed by atoms with Crippen LogP contribution in [0.5, 0.6) is 0 Å². The van der Waals surface area contributed by atoms with Crippen molar-refractivity contribution in [3.8, 4) is 0 Å². The fourth-order valence-electron chi connectivity index (χ4n) is 3.58. The summed E-state index contributed by atoms with van der Waals surface area (Å²) in [6.07, 6.45) is 0.792. The van der Waals surface area contributed by atoms with Crippen LogP contribution in [-0.2, 0) is 6.42 Å². The third-order valence-electron chi connectivity index (χ3n) is 5.43. The van der Waals surface area contributed by atoms with Crippen molar-refractivity contribution in [2.75, 3.05) is 36.4 Å². The molecule has 2 amide bonds. The first-order valence-corrected chi connectivity index (χ1v) is 11.5. The molecule has 9 heteroatoms. The van der Waals surface area contributed by atoms with E-state index in [1.54, 1.807) is 34.4 Å². The average Bonchev–Trinajstić information content (AvgIpc) is 3.03. The number of para-hydroxylation sites is 1. The third-order valence-corrected chi connectivity index (χ3v) is 7.16. The van der Waals surface area contributed by atoms with Crippen LogP contribution in [0.15, 0.2) is 18.2 Å². The first-order valence-electron chi connectivity index (χ1n) is 9.90. The summed E-state index contributed by atoms with van der Waals surface area (Å²) in [5, 5.41) is 4.83. The fourth-order valence-corrected chi connectivity index (χ4v) is 5.12. The zero-order valence-electron chi connectivity index (χ0n) is 17.1. The van der Waals surface area contributed by atoms with Gasteiger partial charge in [0.25, 0.3) is 0 Å². The monoisotopic (exact) mass is 463 g/mol. The highest BCUT2D eigenvalue weighted by Gasteiger charge is 2.26. The minimum Gasteiger partial charge on any atom is -0.352 e. The number of fused-ring (bicyclic) bond motifs is 1. The van der Waals surface area contributed by atoms with Crippen LogP contribution in [0.25, 0.3) is 10.2 Å². The summed E-state index contributed by atoms with van der Waals surface area (Å²) in [4.78, 5) is 28.7. The number of hydrogen-bond acceptors (Lipinski definition) is 5. The van der Waals surface area contributed by atoms with Gasteiger partial charge in [0.15, 0.2) is 0 Å². The van der Waals surface area contributed by atoms with E-state index < -0.39 is 0 Å². The number of carbonyl (C=O) groups is 1. The quantitative estimate of drug-likeness (QED) is 0.554. The number of aryl methyl sites for hydroxylation is 3. The summed E-state index contributed by atoms with van der Waals surface area (Å²) in [6.45, 7) is 8.90. The number of thiophene rings is 1. The molecule has 30 heavy (non-hydrogen) atoms. The summed E-state index contributed by atoms with van der Waals surface area (Å²) >= 11 is 14.1. The first-order chi connectivity index (χ1) is 14.4. The van der Waals surface area contributed by atoms with Crippen LogP contribution in [-0.4, -0.2) is 47.1 Å². The molecule has 0 unspecified atom stereocenters. The number of nitrogens with one attached hydrogen (secondary N) is 1. The van der Waals surface area contributed by atoms with Crippen LogP contribution >= 0.6 is 34.5 Å². The Hall–Kier alpha value is -2.09. The number of aromatic nitrogens is 2. The second kappa shape index (κ2) is 8.57. The van der Waals surface area contributed by atoms with E-state index >= 15 is 0 Å². The molecule has 3 heterocycles. The van der Waals surface area contributed by atoms with Gasteiger partial charge < -0.3 is 15.1 Å². The molecule has 1 saturated heterocycles. The van der Waals surface area contributed by atoms with Gasteiger partial charge in [0.2, 0.25) is 0 Å². The number of halogens is 2. The van der Waals surface area contributed by atoms with Crippen molar-refractivity contribution in [3.63, 3.8) is 0 Å². The van der Waals surface area contributed by atoms with Crippen LogP contribution in [0.1, 0.15) is 23.2 Å². The smallest absolute Gasteiger partial charge is 0.322 e. The summed E-state index contributed by atoms with van der Waals surface area (Å²) in [5.41, 5.74) is 1.68. The minimum absolute atomic E-state index is 0.200. The van der Waals surface area contributed by atoms with Crippen molar-refractivity contribution >= 4 is 62.3 Å². The molecule has 1 aliphatic heterocycles. The Labute approximate surface area is 189 Å². The summed E-state index contributed by atoms with van der Waals surface area (Å²) in [7, 11) is 0. The molecule has 0 aliphatic carbocycles. The number of hydrogen-bond donors (Lipinski definition) is 1. The number of benzene rings is 1. The molecular formula is C21H23Cl2N5OS. The van der Waals surface area contributed by atoms with E-state index in [1.807, 2.05) is 0 Å². The number of urea groups is 1. The average molecular weight is 464 g/mol. The standard InChI is InChI=1S/C21H23Cl2N5OS/c1-4-16-24-19(17-12(2)13(3)30-20(17)25-16)27-8-10-28(11-9-27)21(29)26-18-14(22)6-5-7-15(18)23/h5-7H,4,8-11H2,1-3H3,(H,26,29). The predicted octanol–water partition coefficient (Wildman–Crippen LogP) is 5.53. The van der Waals surface area contributed by atoms with Crippen LogP contribution in [0, 0.1) is 13.8 Å². The number of amides is 2. The van der Waals surface area contributed by atoms with E-state index in [4.69, 9.17) is 33.2 Å². The van der Waals surface area contributed by atoms with Crippen LogP contribution in [0.4, 0.5) is 16.3 Å². The molecule has 1 aliphatic rings. The Kier molecular flexibility index (Phi) is 6.04. The van der Waals surface area contributed by atoms with E-state index in [9.17, 15) is 4.79 Å². The number of rotatable bonds is 3. The van der Waals surface area contributed by atoms with Gasteiger partial charge in [0.05, 0.1) is 21.1 Å². The molecule has 6 nitrogen and oxygen atoms in total. The van der Waals surface area contributed by atoms with E-state index in [-0.39, 0.29) is 6.03 Å². The van der Waals surface area contributed by atoms with Crippen LogP contribution in [0.2, 0.25) is 10.0 Å². The molecule has 4 rings (SSSR count). The Morgan fingerprint density at radius 3 is 2.43 bits per heavy atom. The predicted molar refractivity (Wildman–Crippen MR) is 126 cm³/mol. The van der Waals surface area contributed by atoms with Gasteiger partial charge in [-0.25, -0.2) is 14.8 Å². The van der Waals surface area contributed by atoms with Gasteiger partial charge in [0.1, 0.15) is 16.5 Å². The zero-order valence-corrected chi connectivity index (χ0v) is 19.5. The lowest BCUT2D eigenvalue weighted by molar-refractivity contribution is 0.208. The van der Waals surface area contributed by atoms with E-state index in [2.05, 4.69) is 31.0 Å². The molecule has 0 bridgehead atoms. The van der Waals surface area contributed by atoms with Gasteiger partial charge in [-0.2, -0.15) is 0 Å². The maximum absolute atomic E-state index is 12.7. The van der Waals surface area contributed by atoms with Crippen molar-refractivity contribution in [3.05, 3.63) is 44.5 Å². The number of anilines is 2. The largest absolute Gasteiger partial charge is 0.352 e. The normalized spacial score (nSPS) is 14.4. The van der Waals surface area contributed by atoms with Crippen LogP contribution < -0.4 is 10.2 Å². The molecule has 1 aromatic carbocycles.